The van der Waals surface area contributed by atoms with Crippen molar-refractivity contribution >= 4 is 46.8 Å². The molecule has 3 aromatic carbocycles. The molecule has 0 heterocycles. The third-order valence-corrected chi connectivity index (χ3v) is 7.42. The molecule has 2 amide bonds. The molecule has 0 aliphatic carbocycles. The molecule has 0 saturated carbocycles. The molecule has 1 atom stereocenters. The average molecular weight is 544 g/mol. The molecular weight excluding hydrogens is 511 g/mol. The molecule has 0 aliphatic rings. The van der Waals surface area contributed by atoms with Crippen LogP contribution in [0.4, 0.5) is 0 Å². The van der Waals surface area contributed by atoms with Crippen LogP contribution >= 0.6 is 35.0 Å². The number of rotatable bonds is 11. The van der Waals surface area contributed by atoms with Crippen LogP contribution in [0.1, 0.15) is 37.0 Å². The van der Waals surface area contributed by atoms with Crippen molar-refractivity contribution in [3.05, 3.63) is 99.5 Å². The van der Waals surface area contributed by atoms with E-state index in [1.807, 2.05) is 51.1 Å². The Morgan fingerprint density at radius 3 is 2.17 bits per heavy atom. The molecule has 3 aromatic rings. The van der Waals surface area contributed by atoms with Crippen molar-refractivity contribution in [1.82, 2.24) is 10.2 Å². The number of hydrogen-bond donors (Lipinski definition) is 1. The highest BCUT2D eigenvalue weighted by atomic mass is 35.5. The third kappa shape index (κ3) is 8.29. The summed E-state index contributed by atoms with van der Waals surface area (Å²) in [6.45, 7) is 6.01. The molecule has 0 radical (unpaired) electrons. The minimum absolute atomic E-state index is 0.0614. The summed E-state index contributed by atoms with van der Waals surface area (Å²) in [6.07, 6.45) is 0.666. The van der Waals surface area contributed by atoms with E-state index >= 15 is 0 Å². The Morgan fingerprint density at radius 1 is 0.917 bits per heavy atom. The van der Waals surface area contributed by atoms with Crippen molar-refractivity contribution in [2.75, 3.05) is 5.75 Å². The monoisotopic (exact) mass is 542 g/mol. The number of aryl methyl sites for hydroxylation is 1. The third-order valence-electron chi connectivity index (χ3n) is 5.70. The summed E-state index contributed by atoms with van der Waals surface area (Å²) in [7, 11) is 0. The van der Waals surface area contributed by atoms with E-state index in [0.717, 1.165) is 10.5 Å². The first-order chi connectivity index (χ1) is 17.2. The first kappa shape index (κ1) is 28.1. The van der Waals surface area contributed by atoms with Crippen molar-refractivity contribution in [2.45, 2.75) is 57.1 Å². The average Bonchev–Trinajstić information content (AvgIpc) is 2.84. The molecule has 0 aliphatic heterocycles. The van der Waals surface area contributed by atoms with Crippen molar-refractivity contribution in [2.24, 2.45) is 0 Å². The van der Waals surface area contributed by atoms with E-state index in [2.05, 4.69) is 29.6 Å². The number of amides is 2. The Balaban J connectivity index is 1.89. The number of nitrogens with one attached hydrogen (secondary N) is 1. The van der Waals surface area contributed by atoms with Gasteiger partial charge in [0.15, 0.2) is 0 Å². The lowest BCUT2D eigenvalue weighted by Crippen LogP contribution is -2.52. The van der Waals surface area contributed by atoms with Crippen molar-refractivity contribution in [1.29, 1.82) is 0 Å². The molecule has 1 unspecified atom stereocenters. The summed E-state index contributed by atoms with van der Waals surface area (Å²) in [4.78, 5) is 29.8. The number of carbonyl (C=O) groups is 2. The largest absolute Gasteiger partial charge is 0.352 e. The van der Waals surface area contributed by atoms with E-state index in [0.29, 0.717) is 27.8 Å². The molecule has 1 N–H and O–H groups in total. The lowest BCUT2D eigenvalue weighted by molar-refractivity contribution is -0.141. The smallest absolute Gasteiger partial charge is 0.243 e. The van der Waals surface area contributed by atoms with Gasteiger partial charge in [0.25, 0.3) is 0 Å². The fraction of sp³-hybridized carbons (Fsp3) is 0.310. The standard InChI is InChI=1S/C29H32Cl2N2O2S/c1-20(2)32-29(35)27(18-22-8-5-4-6-9-22)33(19-24-25(30)10-7-11-26(24)31)28(34)16-17-36-23-14-12-21(3)13-15-23/h4-15,20,27H,16-19H2,1-3H3,(H,32,35). The fourth-order valence-electron chi connectivity index (χ4n) is 3.82. The first-order valence-corrected chi connectivity index (χ1v) is 13.7. The molecule has 36 heavy (non-hydrogen) atoms. The van der Waals surface area contributed by atoms with Crippen LogP contribution in [0.3, 0.4) is 0 Å². The van der Waals surface area contributed by atoms with E-state index in [4.69, 9.17) is 23.2 Å². The summed E-state index contributed by atoms with van der Waals surface area (Å²) in [5.74, 6) is 0.278. The molecule has 0 aromatic heterocycles. The Labute approximate surface area is 228 Å². The van der Waals surface area contributed by atoms with Crippen LogP contribution in [0.15, 0.2) is 77.7 Å². The summed E-state index contributed by atoms with van der Waals surface area (Å²) < 4.78 is 0. The van der Waals surface area contributed by atoms with E-state index in [9.17, 15) is 9.59 Å². The van der Waals surface area contributed by atoms with Crippen LogP contribution in [-0.4, -0.2) is 34.6 Å². The van der Waals surface area contributed by atoms with Crippen LogP contribution in [0.2, 0.25) is 10.0 Å². The molecule has 0 spiro atoms. The van der Waals surface area contributed by atoms with E-state index < -0.39 is 6.04 Å². The number of carbonyl (C=O) groups excluding carboxylic acids is 2. The van der Waals surface area contributed by atoms with Gasteiger partial charge in [0.05, 0.1) is 0 Å². The molecular formula is C29H32Cl2N2O2S. The highest BCUT2D eigenvalue weighted by Gasteiger charge is 2.31. The minimum Gasteiger partial charge on any atom is -0.352 e. The lowest BCUT2D eigenvalue weighted by atomic mass is 10.0. The van der Waals surface area contributed by atoms with Crippen LogP contribution in [-0.2, 0) is 22.6 Å². The molecule has 0 bridgehead atoms. The molecule has 0 fully saturated rings. The van der Waals surface area contributed by atoms with Gasteiger partial charge in [-0.05, 0) is 50.6 Å². The van der Waals surface area contributed by atoms with Gasteiger partial charge in [-0.3, -0.25) is 9.59 Å². The zero-order valence-corrected chi connectivity index (χ0v) is 23.2. The zero-order valence-electron chi connectivity index (χ0n) is 20.8. The molecule has 0 saturated heterocycles. The Morgan fingerprint density at radius 2 is 1.56 bits per heavy atom. The second-order valence-electron chi connectivity index (χ2n) is 9.00. The predicted octanol–water partition coefficient (Wildman–Crippen LogP) is 6.95. The second kappa shape index (κ2) is 13.7. The maximum absolute atomic E-state index is 13.7. The Hall–Kier alpha value is -2.47. The number of hydrogen-bond acceptors (Lipinski definition) is 3. The predicted molar refractivity (Wildman–Crippen MR) is 151 cm³/mol. The second-order valence-corrected chi connectivity index (χ2v) is 11.0. The Bertz CT molecular complexity index is 1130. The van der Waals surface area contributed by atoms with Gasteiger partial charge < -0.3 is 10.2 Å². The normalized spacial score (nSPS) is 11.8. The Kier molecular flexibility index (Phi) is 10.7. The molecule has 7 heteroatoms. The fourth-order valence-corrected chi connectivity index (χ4v) is 5.18. The van der Waals surface area contributed by atoms with Crippen LogP contribution in [0.5, 0.6) is 0 Å². The zero-order chi connectivity index (χ0) is 26.1. The van der Waals surface area contributed by atoms with Gasteiger partial charge >= 0.3 is 0 Å². The quantitative estimate of drug-likeness (QED) is 0.266. The maximum Gasteiger partial charge on any atom is 0.243 e. The highest BCUT2D eigenvalue weighted by Crippen LogP contribution is 2.28. The molecule has 3 rings (SSSR count). The van der Waals surface area contributed by atoms with Gasteiger partial charge in [-0.15, -0.1) is 11.8 Å². The van der Waals surface area contributed by atoms with Crippen LogP contribution < -0.4 is 5.32 Å². The van der Waals surface area contributed by atoms with Crippen molar-refractivity contribution < 1.29 is 9.59 Å². The van der Waals surface area contributed by atoms with Crippen molar-refractivity contribution in [3.63, 3.8) is 0 Å². The maximum atomic E-state index is 13.7. The summed E-state index contributed by atoms with van der Waals surface area (Å²) in [5.41, 5.74) is 2.80. The van der Waals surface area contributed by atoms with E-state index in [1.54, 1.807) is 34.9 Å². The van der Waals surface area contributed by atoms with Crippen molar-refractivity contribution in [3.8, 4) is 0 Å². The summed E-state index contributed by atoms with van der Waals surface area (Å²) in [6, 6.07) is 22.5. The van der Waals surface area contributed by atoms with Crippen LogP contribution in [0, 0.1) is 6.92 Å². The van der Waals surface area contributed by atoms with Gasteiger partial charge in [0.2, 0.25) is 11.8 Å². The minimum atomic E-state index is -0.709. The van der Waals surface area contributed by atoms with Gasteiger partial charge in [0.1, 0.15) is 6.04 Å². The van der Waals surface area contributed by atoms with Gasteiger partial charge in [-0.1, -0.05) is 77.3 Å². The van der Waals surface area contributed by atoms with Gasteiger partial charge in [-0.2, -0.15) is 0 Å². The van der Waals surface area contributed by atoms with Crippen LogP contribution in [0.25, 0.3) is 0 Å². The number of halogens is 2. The molecule has 190 valence electrons. The summed E-state index contributed by atoms with van der Waals surface area (Å²) >= 11 is 14.6. The van der Waals surface area contributed by atoms with E-state index in [1.165, 1.54) is 5.56 Å². The SMILES string of the molecule is Cc1ccc(SCCC(=O)N(Cc2c(Cl)cccc2Cl)C(Cc2ccccc2)C(=O)NC(C)C)cc1. The summed E-state index contributed by atoms with van der Waals surface area (Å²) in [5, 5.41) is 3.94. The van der Waals surface area contributed by atoms with Gasteiger partial charge in [-0.25, -0.2) is 0 Å². The molecule has 4 nitrogen and oxygen atoms in total. The van der Waals surface area contributed by atoms with Gasteiger partial charge in [0, 0.05) is 51.7 Å². The lowest BCUT2D eigenvalue weighted by Gasteiger charge is -2.32. The highest BCUT2D eigenvalue weighted by molar-refractivity contribution is 7.99. The first-order valence-electron chi connectivity index (χ1n) is 12.0. The topological polar surface area (TPSA) is 49.4 Å². The number of nitrogens with zero attached hydrogens (tertiary/aromatic N) is 1. The number of benzene rings is 3. The number of thioether (sulfide) groups is 1. The van der Waals surface area contributed by atoms with E-state index in [-0.39, 0.29) is 30.8 Å².